The molecule has 1 aliphatic carbocycles. The Morgan fingerprint density at radius 1 is 1.41 bits per heavy atom. The van der Waals surface area contributed by atoms with Crippen molar-refractivity contribution in [1.29, 1.82) is 0 Å². The topological polar surface area (TPSA) is 63.3 Å². The van der Waals surface area contributed by atoms with Crippen molar-refractivity contribution < 1.29 is 9.90 Å². The first-order valence-electron chi connectivity index (χ1n) is 5.92. The summed E-state index contributed by atoms with van der Waals surface area (Å²) in [4.78, 5) is 12.1. The molecule has 0 saturated carbocycles. The molecule has 92 valence electrons. The lowest BCUT2D eigenvalue weighted by molar-refractivity contribution is -0.136. The Hall–Kier alpha value is -1.00. The van der Waals surface area contributed by atoms with Crippen LogP contribution in [0.4, 0.5) is 0 Å². The van der Waals surface area contributed by atoms with Crippen molar-refractivity contribution >= 4 is 17.7 Å². The normalized spacial score (nSPS) is 15.6. The first-order valence-corrected chi connectivity index (χ1v) is 6.80. The summed E-state index contributed by atoms with van der Waals surface area (Å²) in [6.45, 7) is 0.412. The van der Waals surface area contributed by atoms with Crippen molar-refractivity contribution in [3.63, 3.8) is 0 Å². The highest BCUT2D eigenvalue weighted by Crippen LogP contribution is 2.30. The largest absolute Gasteiger partial charge is 0.480 e. The highest BCUT2D eigenvalue weighted by atomic mass is 32.2. The Morgan fingerprint density at radius 2 is 2.18 bits per heavy atom. The van der Waals surface area contributed by atoms with E-state index in [2.05, 4.69) is 12.1 Å². The summed E-state index contributed by atoms with van der Waals surface area (Å²) in [5, 5.41) is 8.65. The van der Waals surface area contributed by atoms with Gasteiger partial charge in [0.2, 0.25) is 0 Å². The minimum atomic E-state index is -0.777. The Kier molecular flexibility index (Phi) is 4.07. The quantitative estimate of drug-likeness (QED) is 0.786. The van der Waals surface area contributed by atoms with Crippen molar-refractivity contribution in [3.8, 4) is 0 Å². The van der Waals surface area contributed by atoms with Gasteiger partial charge in [-0.2, -0.15) is 0 Å². The molecule has 0 spiro atoms. The molecule has 1 aromatic carbocycles. The van der Waals surface area contributed by atoms with Crippen molar-refractivity contribution in [2.45, 2.75) is 35.8 Å². The molecule has 1 aromatic rings. The van der Waals surface area contributed by atoms with E-state index in [0.29, 0.717) is 13.0 Å². The molecule has 3 nitrogen and oxygen atoms in total. The fraction of sp³-hybridized carbons (Fsp3) is 0.462. The zero-order valence-electron chi connectivity index (χ0n) is 9.69. The van der Waals surface area contributed by atoms with Gasteiger partial charge in [0.1, 0.15) is 5.25 Å². The van der Waals surface area contributed by atoms with E-state index in [9.17, 15) is 4.79 Å². The van der Waals surface area contributed by atoms with E-state index < -0.39 is 11.2 Å². The van der Waals surface area contributed by atoms with Crippen molar-refractivity contribution in [3.05, 3.63) is 29.3 Å². The lowest BCUT2D eigenvalue weighted by Gasteiger charge is -2.11. The van der Waals surface area contributed by atoms with Crippen molar-refractivity contribution in [1.82, 2.24) is 0 Å². The van der Waals surface area contributed by atoms with Gasteiger partial charge in [-0.1, -0.05) is 6.07 Å². The minimum Gasteiger partial charge on any atom is -0.480 e. The van der Waals surface area contributed by atoms with Crippen LogP contribution in [-0.2, 0) is 17.6 Å². The van der Waals surface area contributed by atoms with E-state index >= 15 is 0 Å². The van der Waals surface area contributed by atoms with Crippen LogP contribution < -0.4 is 5.73 Å². The minimum absolute atomic E-state index is 0.412. The van der Waals surface area contributed by atoms with Crippen LogP contribution in [-0.4, -0.2) is 22.9 Å². The zero-order valence-corrected chi connectivity index (χ0v) is 10.5. The van der Waals surface area contributed by atoms with Gasteiger partial charge in [-0.25, -0.2) is 0 Å². The predicted molar refractivity (Wildman–Crippen MR) is 69.4 cm³/mol. The number of aliphatic carboxylic acids is 1. The number of hydrogen-bond acceptors (Lipinski definition) is 3. The van der Waals surface area contributed by atoms with Crippen LogP contribution in [0.15, 0.2) is 23.1 Å². The van der Waals surface area contributed by atoms with Gasteiger partial charge in [-0.3, -0.25) is 4.79 Å². The molecular formula is C13H17NO2S. The first-order chi connectivity index (χ1) is 8.20. The van der Waals surface area contributed by atoms with Gasteiger partial charge in [0.25, 0.3) is 0 Å². The summed E-state index contributed by atoms with van der Waals surface area (Å²) in [6.07, 6.45) is 4.01. The number of hydrogen-bond donors (Lipinski definition) is 2. The highest BCUT2D eigenvalue weighted by molar-refractivity contribution is 8.00. The third-order valence-electron chi connectivity index (χ3n) is 3.05. The van der Waals surface area contributed by atoms with Crippen molar-refractivity contribution in [2.75, 3.05) is 6.54 Å². The van der Waals surface area contributed by atoms with E-state index in [1.165, 1.54) is 29.3 Å². The van der Waals surface area contributed by atoms with E-state index in [4.69, 9.17) is 10.8 Å². The van der Waals surface area contributed by atoms with Gasteiger partial charge >= 0.3 is 5.97 Å². The summed E-state index contributed by atoms with van der Waals surface area (Å²) in [5.41, 5.74) is 8.23. The summed E-state index contributed by atoms with van der Waals surface area (Å²) < 4.78 is 0. The molecule has 0 heterocycles. The molecular weight excluding hydrogens is 234 g/mol. The molecule has 1 atom stereocenters. The molecule has 0 amide bonds. The lowest BCUT2D eigenvalue weighted by Crippen LogP contribution is -2.20. The van der Waals surface area contributed by atoms with Crippen LogP contribution in [0.25, 0.3) is 0 Å². The third-order valence-corrected chi connectivity index (χ3v) is 4.30. The van der Waals surface area contributed by atoms with Gasteiger partial charge < -0.3 is 10.8 Å². The molecule has 0 saturated heterocycles. The monoisotopic (exact) mass is 251 g/mol. The maximum absolute atomic E-state index is 11.1. The maximum atomic E-state index is 11.1. The van der Waals surface area contributed by atoms with Crippen LogP contribution >= 0.6 is 11.8 Å². The van der Waals surface area contributed by atoms with Crippen molar-refractivity contribution in [2.24, 2.45) is 5.73 Å². The Bertz CT molecular complexity index is 420. The van der Waals surface area contributed by atoms with E-state index in [1.807, 2.05) is 6.07 Å². The van der Waals surface area contributed by atoms with Gasteiger partial charge in [0.05, 0.1) is 0 Å². The first kappa shape index (κ1) is 12.5. The number of rotatable bonds is 5. The van der Waals surface area contributed by atoms with Crippen LogP contribution in [0.5, 0.6) is 0 Å². The number of benzene rings is 1. The molecule has 0 fully saturated rings. The van der Waals surface area contributed by atoms with Gasteiger partial charge in [-0.15, -0.1) is 11.8 Å². The summed E-state index contributed by atoms with van der Waals surface area (Å²) in [7, 11) is 0. The fourth-order valence-electron chi connectivity index (χ4n) is 2.17. The predicted octanol–water partition coefficient (Wildman–Crippen LogP) is 2.07. The second-order valence-electron chi connectivity index (χ2n) is 4.31. The number of aryl methyl sites for hydroxylation is 2. The summed E-state index contributed by atoms with van der Waals surface area (Å²) in [6, 6.07) is 6.30. The van der Waals surface area contributed by atoms with Gasteiger partial charge in [-0.05, 0) is 55.5 Å². The number of carboxylic acid groups (broad SMARTS) is 1. The van der Waals surface area contributed by atoms with Crippen LogP contribution in [0.2, 0.25) is 0 Å². The van der Waals surface area contributed by atoms with E-state index in [1.54, 1.807) is 0 Å². The number of carboxylic acids is 1. The van der Waals surface area contributed by atoms with Crippen LogP contribution in [0, 0.1) is 0 Å². The van der Waals surface area contributed by atoms with Crippen LogP contribution in [0.3, 0.4) is 0 Å². The average molecular weight is 251 g/mol. The molecule has 4 heteroatoms. The number of fused-ring (bicyclic) bond motifs is 1. The molecule has 17 heavy (non-hydrogen) atoms. The third kappa shape index (κ3) is 3.01. The highest BCUT2D eigenvalue weighted by Gasteiger charge is 2.19. The van der Waals surface area contributed by atoms with Gasteiger partial charge in [0, 0.05) is 4.90 Å². The lowest BCUT2D eigenvalue weighted by atomic mass is 10.1. The zero-order chi connectivity index (χ0) is 12.3. The molecule has 3 N–H and O–H groups in total. The van der Waals surface area contributed by atoms with E-state index in [-0.39, 0.29) is 0 Å². The van der Waals surface area contributed by atoms with E-state index in [0.717, 1.165) is 17.7 Å². The summed E-state index contributed by atoms with van der Waals surface area (Å²) in [5.74, 6) is -0.777. The Labute approximate surface area is 105 Å². The molecule has 2 rings (SSSR count). The fourth-order valence-corrected chi connectivity index (χ4v) is 3.21. The van der Waals surface area contributed by atoms with Crippen LogP contribution in [0.1, 0.15) is 24.0 Å². The molecule has 0 aromatic heterocycles. The second-order valence-corrected chi connectivity index (χ2v) is 5.58. The van der Waals surface area contributed by atoms with Gasteiger partial charge in [0.15, 0.2) is 0 Å². The molecule has 1 unspecified atom stereocenters. The number of carbonyl (C=O) groups is 1. The average Bonchev–Trinajstić information content (AvgIpc) is 2.75. The molecule has 0 radical (unpaired) electrons. The smallest absolute Gasteiger partial charge is 0.317 e. The number of thioether (sulfide) groups is 1. The Balaban J connectivity index is 2.09. The molecule has 0 bridgehead atoms. The second kappa shape index (κ2) is 5.56. The summed E-state index contributed by atoms with van der Waals surface area (Å²) >= 11 is 1.41. The maximum Gasteiger partial charge on any atom is 0.317 e. The Morgan fingerprint density at radius 3 is 2.88 bits per heavy atom. The SMILES string of the molecule is NCCC(Sc1ccc2c(c1)CCC2)C(=O)O. The molecule has 0 aliphatic heterocycles. The number of nitrogens with two attached hydrogens (primary N) is 1. The standard InChI is InChI=1S/C13H17NO2S/c14-7-6-12(13(15)16)17-11-5-4-9-2-1-3-10(9)8-11/h4-5,8,12H,1-3,6-7,14H2,(H,15,16). The molecule has 1 aliphatic rings.